The van der Waals surface area contributed by atoms with Crippen LogP contribution in [-0.4, -0.2) is 26.3 Å². The highest BCUT2D eigenvalue weighted by Gasteiger charge is 2.20. The van der Waals surface area contributed by atoms with E-state index >= 15 is 0 Å². The molecule has 0 atom stereocenters. The summed E-state index contributed by atoms with van der Waals surface area (Å²) in [6.45, 7) is 0. The van der Waals surface area contributed by atoms with Gasteiger partial charge in [-0.3, -0.25) is 4.98 Å². The number of halogens is 1. The average Bonchev–Trinajstić information content (AvgIpc) is 2.45. The second kappa shape index (κ2) is 5.21. The first-order valence-corrected chi connectivity index (χ1v) is 5.73. The van der Waals surface area contributed by atoms with Gasteiger partial charge >= 0.3 is 0 Å². The number of rotatable bonds is 3. The van der Waals surface area contributed by atoms with Crippen LogP contribution in [0.2, 0.25) is 5.02 Å². The van der Waals surface area contributed by atoms with Crippen LogP contribution in [0.4, 0.5) is 0 Å². The maximum atomic E-state index is 9.00. The normalized spacial score (nSPS) is 10.1. The second-order valence-corrected chi connectivity index (χ2v) is 4.02. The molecule has 6 heteroatoms. The quantitative estimate of drug-likeness (QED) is 0.864. The Hall–Kier alpha value is -2.19. The highest BCUT2D eigenvalue weighted by Crippen LogP contribution is 2.45. The van der Waals surface area contributed by atoms with Crippen LogP contribution in [0, 0.1) is 11.3 Å². The summed E-state index contributed by atoms with van der Waals surface area (Å²) in [4.78, 5) is 4.18. The van der Waals surface area contributed by atoms with Gasteiger partial charge in [-0.05, 0) is 0 Å². The number of fused-ring (bicyclic) bond motifs is 1. The number of nitriles is 1. The molecule has 2 rings (SSSR count). The van der Waals surface area contributed by atoms with E-state index in [9.17, 15) is 0 Å². The van der Waals surface area contributed by atoms with E-state index < -0.39 is 0 Å². The van der Waals surface area contributed by atoms with E-state index in [1.54, 1.807) is 6.07 Å². The molecule has 0 N–H and O–H groups in total. The Morgan fingerprint density at radius 1 is 1.16 bits per heavy atom. The first-order valence-electron chi connectivity index (χ1n) is 5.35. The molecule has 1 aromatic heterocycles. The predicted molar refractivity (Wildman–Crippen MR) is 71.1 cm³/mol. The molecular weight excluding hydrogens is 268 g/mol. The monoisotopic (exact) mass is 278 g/mol. The van der Waals surface area contributed by atoms with Crippen LogP contribution in [0.1, 0.15) is 5.56 Å². The molecule has 0 unspecified atom stereocenters. The van der Waals surface area contributed by atoms with E-state index in [0.717, 1.165) is 0 Å². The van der Waals surface area contributed by atoms with Crippen LogP contribution in [0.5, 0.6) is 17.2 Å². The summed E-state index contributed by atoms with van der Waals surface area (Å²) < 4.78 is 15.8. The number of hydrogen-bond acceptors (Lipinski definition) is 5. The van der Waals surface area contributed by atoms with Gasteiger partial charge in [0.05, 0.1) is 42.8 Å². The minimum absolute atomic E-state index is 0.277. The van der Waals surface area contributed by atoms with Gasteiger partial charge in [0, 0.05) is 12.3 Å². The number of nitrogens with zero attached hydrogens (tertiary/aromatic N) is 2. The summed E-state index contributed by atoms with van der Waals surface area (Å²) in [7, 11) is 4.52. The lowest BCUT2D eigenvalue weighted by atomic mass is 10.1. The number of ether oxygens (including phenoxy) is 3. The summed E-state index contributed by atoms with van der Waals surface area (Å²) in [5.41, 5.74) is 0.846. The fourth-order valence-electron chi connectivity index (χ4n) is 1.86. The first kappa shape index (κ1) is 13.2. The van der Waals surface area contributed by atoms with Gasteiger partial charge in [-0.1, -0.05) is 11.6 Å². The van der Waals surface area contributed by atoms with Crippen molar-refractivity contribution in [3.63, 3.8) is 0 Å². The molecule has 0 aliphatic heterocycles. The molecule has 0 aliphatic carbocycles. The molecule has 0 radical (unpaired) electrons. The van der Waals surface area contributed by atoms with Crippen molar-refractivity contribution in [1.29, 1.82) is 5.26 Å². The van der Waals surface area contributed by atoms with Gasteiger partial charge in [0.2, 0.25) is 5.75 Å². The topological polar surface area (TPSA) is 64.4 Å². The minimum atomic E-state index is 0.277. The zero-order valence-corrected chi connectivity index (χ0v) is 11.4. The van der Waals surface area contributed by atoms with Crippen LogP contribution >= 0.6 is 11.6 Å². The van der Waals surface area contributed by atoms with Crippen LogP contribution in [0.15, 0.2) is 12.3 Å². The van der Waals surface area contributed by atoms with E-state index in [4.69, 9.17) is 31.1 Å². The minimum Gasteiger partial charge on any atom is -0.493 e. The van der Waals surface area contributed by atoms with Crippen molar-refractivity contribution in [3.05, 3.63) is 22.8 Å². The third-order valence-corrected chi connectivity index (χ3v) is 3.11. The van der Waals surface area contributed by atoms with Crippen LogP contribution < -0.4 is 14.2 Å². The van der Waals surface area contributed by atoms with Gasteiger partial charge < -0.3 is 14.2 Å². The molecule has 2 aromatic rings. The average molecular weight is 279 g/mol. The Morgan fingerprint density at radius 2 is 1.84 bits per heavy atom. The van der Waals surface area contributed by atoms with Crippen LogP contribution in [-0.2, 0) is 0 Å². The SMILES string of the molecule is COc1cc2ncc(C#N)c(Cl)c2c(OC)c1OC. The third-order valence-electron chi connectivity index (χ3n) is 2.72. The van der Waals surface area contributed by atoms with E-state index in [1.165, 1.54) is 27.5 Å². The highest BCUT2D eigenvalue weighted by atomic mass is 35.5. The number of aromatic nitrogens is 1. The van der Waals surface area contributed by atoms with Crippen LogP contribution in [0.3, 0.4) is 0 Å². The summed E-state index contributed by atoms with van der Waals surface area (Å²) >= 11 is 6.21. The van der Waals surface area contributed by atoms with E-state index in [-0.39, 0.29) is 10.6 Å². The molecule has 19 heavy (non-hydrogen) atoms. The maximum Gasteiger partial charge on any atom is 0.204 e. The molecule has 98 valence electrons. The summed E-state index contributed by atoms with van der Waals surface area (Å²) in [5, 5.41) is 9.81. The Labute approximate surface area is 115 Å². The molecule has 1 aromatic carbocycles. The Bertz CT molecular complexity index is 680. The molecule has 1 heterocycles. The maximum absolute atomic E-state index is 9.00. The predicted octanol–water partition coefficient (Wildman–Crippen LogP) is 2.79. The zero-order valence-electron chi connectivity index (χ0n) is 10.7. The number of benzene rings is 1. The molecule has 0 bridgehead atoms. The summed E-state index contributed by atoms with van der Waals surface area (Å²) in [5.74, 6) is 1.29. The van der Waals surface area contributed by atoms with Crippen molar-refractivity contribution in [2.45, 2.75) is 0 Å². The molecule has 0 amide bonds. The van der Waals surface area contributed by atoms with Crippen molar-refractivity contribution >= 4 is 22.5 Å². The molecular formula is C13H11ClN2O3. The highest BCUT2D eigenvalue weighted by molar-refractivity contribution is 6.37. The van der Waals surface area contributed by atoms with Gasteiger partial charge in [-0.2, -0.15) is 5.26 Å². The smallest absolute Gasteiger partial charge is 0.204 e. The number of methoxy groups -OCH3 is 3. The molecule has 5 nitrogen and oxygen atoms in total. The number of pyridine rings is 1. The second-order valence-electron chi connectivity index (χ2n) is 3.64. The lowest BCUT2D eigenvalue weighted by molar-refractivity contribution is 0.327. The van der Waals surface area contributed by atoms with Gasteiger partial charge in [0.15, 0.2) is 11.5 Å². The molecule has 0 saturated heterocycles. The lowest BCUT2D eigenvalue weighted by Gasteiger charge is -2.15. The van der Waals surface area contributed by atoms with Gasteiger partial charge in [-0.25, -0.2) is 0 Å². The zero-order chi connectivity index (χ0) is 14.0. The van der Waals surface area contributed by atoms with E-state index in [1.807, 2.05) is 6.07 Å². The molecule has 0 spiro atoms. The molecule has 0 aliphatic rings. The van der Waals surface area contributed by atoms with E-state index in [0.29, 0.717) is 28.2 Å². The third kappa shape index (κ3) is 2.00. The van der Waals surface area contributed by atoms with Gasteiger partial charge in [-0.15, -0.1) is 0 Å². The molecule has 0 saturated carbocycles. The van der Waals surface area contributed by atoms with Crippen molar-refractivity contribution in [2.24, 2.45) is 0 Å². The van der Waals surface area contributed by atoms with Crippen molar-refractivity contribution < 1.29 is 14.2 Å². The standard InChI is InChI=1S/C13H11ClN2O3/c1-17-9-4-8-10(13(19-3)12(9)18-2)11(14)7(5-15)6-16-8/h4,6H,1-3H3. The van der Waals surface area contributed by atoms with Crippen molar-refractivity contribution in [1.82, 2.24) is 4.98 Å². The molecule has 0 fully saturated rings. The first-order chi connectivity index (χ1) is 9.17. The Balaban J connectivity index is 2.95. The fraction of sp³-hybridized carbons (Fsp3) is 0.231. The van der Waals surface area contributed by atoms with Crippen molar-refractivity contribution in [3.8, 4) is 23.3 Å². The summed E-state index contributed by atoms with van der Waals surface area (Å²) in [6, 6.07) is 3.67. The Morgan fingerprint density at radius 3 is 2.37 bits per heavy atom. The van der Waals surface area contributed by atoms with Gasteiger partial charge in [0.25, 0.3) is 0 Å². The van der Waals surface area contributed by atoms with E-state index in [2.05, 4.69) is 4.98 Å². The van der Waals surface area contributed by atoms with Crippen LogP contribution in [0.25, 0.3) is 10.9 Å². The van der Waals surface area contributed by atoms with Crippen molar-refractivity contribution in [2.75, 3.05) is 21.3 Å². The fourth-order valence-corrected chi connectivity index (χ4v) is 2.13. The van der Waals surface area contributed by atoms with Gasteiger partial charge in [0.1, 0.15) is 6.07 Å². The lowest BCUT2D eigenvalue weighted by Crippen LogP contribution is -1.98. The largest absolute Gasteiger partial charge is 0.493 e. The summed E-state index contributed by atoms with van der Waals surface area (Å²) in [6.07, 6.45) is 1.41. The number of hydrogen-bond donors (Lipinski definition) is 0. The Kier molecular flexibility index (Phi) is 3.63.